The van der Waals surface area contributed by atoms with Crippen molar-refractivity contribution in [1.82, 2.24) is 4.72 Å². The normalized spacial score (nSPS) is 16.4. The largest absolute Gasteiger partial charge is 0.459 e. The number of rotatable bonds is 6. The van der Waals surface area contributed by atoms with Crippen molar-refractivity contribution in [2.45, 2.75) is 62.4 Å². The molecule has 136 valence electrons. The van der Waals surface area contributed by atoms with Crippen molar-refractivity contribution in [3.63, 3.8) is 0 Å². The third-order valence-corrected chi connectivity index (χ3v) is 5.73. The summed E-state index contributed by atoms with van der Waals surface area (Å²) in [7, 11) is -3.66. The minimum absolute atomic E-state index is 0.0520. The number of nitriles is 1. The molecule has 0 saturated heterocycles. The Hall–Kier alpha value is -1.91. The van der Waals surface area contributed by atoms with E-state index in [0.29, 0.717) is 5.56 Å². The van der Waals surface area contributed by atoms with Gasteiger partial charge in [-0.3, -0.25) is 0 Å². The van der Waals surface area contributed by atoms with E-state index in [-0.39, 0.29) is 24.0 Å². The van der Waals surface area contributed by atoms with Crippen molar-refractivity contribution in [3.05, 3.63) is 29.8 Å². The molecule has 6 nitrogen and oxygen atoms in total. The first kappa shape index (κ1) is 19.4. The van der Waals surface area contributed by atoms with Gasteiger partial charge in [0, 0.05) is 13.0 Å². The highest BCUT2D eigenvalue weighted by atomic mass is 32.2. The van der Waals surface area contributed by atoms with E-state index in [1.54, 1.807) is 0 Å². The lowest BCUT2D eigenvalue weighted by Crippen LogP contribution is -2.24. The minimum atomic E-state index is -3.66. The van der Waals surface area contributed by atoms with Gasteiger partial charge in [-0.15, -0.1) is 0 Å². The summed E-state index contributed by atoms with van der Waals surface area (Å²) in [6.07, 6.45) is 7.58. The Kier molecular flexibility index (Phi) is 7.41. The molecule has 0 aromatic heterocycles. The number of hydrogen-bond donors (Lipinski definition) is 1. The number of carbonyl (C=O) groups excluding carboxylic acids is 1. The van der Waals surface area contributed by atoms with Crippen LogP contribution in [0.4, 0.5) is 0 Å². The second-order valence-electron chi connectivity index (χ2n) is 6.20. The molecule has 1 fully saturated rings. The van der Waals surface area contributed by atoms with Gasteiger partial charge in [0.2, 0.25) is 10.0 Å². The van der Waals surface area contributed by atoms with Crippen molar-refractivity contribution in [3.8, 4) is 6.07 Å². The van der Waals surface area contributed by atoms with Crippen LogP contribution in [0.15, 0.2) is 29.2 Å². The summed E-state index contributed by atoms with van der Waals surface area (Å²) in [4.78, 5) is 12.3. The molecule has 0 radical (unpaired) electrons. The van der Waals surface area contributed by atoms with E-state index < -0.39 is 16.0 Å². The molecule has 0 heterocycles. The number of carbonyl (C=O) groups is 1. The fourth-order valence-corrected chi connectivity index (χ4v) is 3.88. The lowest BCUT2D eigenvalue weighted by atomic mass is 9.98. The minimum Gasteiger partial charge on any atom is -0.459 e. The third-order valence-electron chi connectivity index (χ3n) is 4.26. The quantitative estimate of drug-likeness (QED) is 0.618. The molecule has 2 rings (SSSR count). The second kappa shape index (κ2) is 9.54. The smallest absolute Gasteiger partial charge is 0.338 e. The Morgan fingerprint density at radius 1 is 1.12 bits per heavy atom. The number of ether oxygens (including phenoxy) is 1. The predicted molar refractivity (Wildman–Crippen MR) is 93.4 cm³/mol. The van der Waals surface area contributed by atoms with E-state index in [2.05, 4.69) is 4.72 Å². The molecule has 0 spiro atoms. The van der Waals surface area contributed by atoms with Gasteiger partial charge in [-0.2, -0.15) is 5.26 Å². The number of benzene rings is 1. The molecular weight excluding hydrogens is 340 g/mol. The van der Waals surface area contributed by atoms with E-state index in [4.69, 9.17) is 10.00 Å². The van der Waals surface area contributed by atoms with Crippen molar-refractivity contribution in [1.29, 1.82) is 5.26 Å². The molecule has 0 bridgehead atoms. The molecular formula is C18H24N2O4S. The number of nitrogens with zero attached hydrogens (tertiary/aromatic N) is 1. The van der Waals surface area contributed by atoms with E-state index >= 15 is 0 Å². The Labute approximate surface area is 149 Å². The third kappa shape index (κ3) is 6.15. The fraction of sp³-hybridized carbons (Fsp3) is 0.556. The van der Waals surface area contributed by atoms with Gasteiger partial charge in [-0.1, -0.05) is 19.3 Å². The van der Waals surface area contributed by atoms with Crippen LogP contribution in [0, 0.1) is 11.3 Å². The monoisotopic (exact) mass is 364 g/mol. The van der Waals surface area contributed by atoms with Crippen molar-refractivity contribution < 1.29 is 17.9 Å². The second-order valence-corrected chi connectivity index (χ2v) is 7.97. The van der Waals surface area contributed by atoms with Crippen molar-refractivity contribution in [2.24, 2.45) is 0 Å². The van der Waals surface area contributed by atoms with Crippen LogP contribution in [-0.2, 0) is 14.8 Å². The topological polar surface area (TPSA) is 96.3 Å². The zero-order valence-electron chi connectivity index (χ0n) is 14.2. The predicted octanol–water partition coefficient (Wildman–Crippen LogP) is 3.15. The van der Waals surface area contributed by atoms with Crippen LogP contribution in [-0.4, -0.2) is 27.0 Å². The first-order valence-corrected chi connectivity index (χ1v) is 10.2. The number of sulfonamides is 1. The number of esters is 1. The molecule has 1 saturated carbocycles. The summed E-state index contributed by atoms with van der Waals surface area (Å²) >= 11 is 0. The highest BCUT2D eigenvalue weighted by molar-refractivity contribution is 7.89. The molecule has 7 heteroatoms. The van der Waals surface area contributed by atoms with Crippen molar-refractivity contribution in [2.75, 3.05) is 6.54 Å². The fourth-order valence-electron chi connectivity index (χ4n) is 2.85. The van der Waals surface area contributed by atoms with Gasteiger partial charge in [0.05, 0.1) is 16.5 Å². The Bertz CT molecular complexity index is 700. The lowest BCUT2D eigenvalue weighted by molar-refractivity contribution is 0.0239. The summed E-state index contributed by atoms with van der Waals surface area (Å²) in [5, 5.41) is 8.46. The average molecular weight is 364 g/mol. The summed E-state index contributed by atoms with van der Waals surface area (Å²) in [6.45, 7) is 0.0598. The number of nitrogens with one attached hydrogen (secondary N) is 1. The van der Waals surface area contributed by atoms with Crippen LogP contribution in [0.5, 0.6) is 0 Å². The molecule has 1 aliphatic rings. The zero-order valence-corrected chi connectivity index (χ0v) is 15.1. The van der Waals surface area contributed by atoms with E-state index in [1.807, 2.05) is 6.07 Å². The molecule has 1 N–H and O–H groups in total. The van der Waals surface area contributed by atoms with Crippen LogP contribution in [0.1, 0.15) is 61.7 Å². The van der Waals surface area contributed by atoms with Gasteiger partial charge in [-0.25, -0.2) is 17.9 Å². The summed E-state index contributed by atoms with van der Waals surface area (Å²) in [5.41, 5.74) is 0.345. The maximum Gasteiger partial charge on any atom is 0.338 e. The van der Waals surface area contributed by atoms with E-state index in [0.717, 1.165) is 25.7 Å². The van der Waals surface area contributed by atoms with Gasteiger partial charge in [-0.05, 0) is 49.9 Å². The van der Waals surface area contributed by atoms with Gasteiger partial charge in [0.25, 0.3) is 0 Å². The van der Waals surface area contributed by atoms with E-state index in [9.17, 15) is 13.2 Å². The first-order chi connectivity index (χ1) is 12.0. The molecule has 1 aromatic carbocycles. The Morgan fingerprint density at radius 2 is 1.72 bits per heavy atom. The molecule has 0 aliphatic heterocycles. The average Bonchev–Trinajstić information content (AvgIpc) is 2.57. The van der Waals surface area contributed by atoms with Crippen LogP contribution >= 0.6 is 0 Å². The molecule has 25 heavy (non-hydrogen) atoms. The molecule has 1 aromatic rings. The SMILES string of the molecule is N#CCCNS(=O)(=O)c1ccc(C(=O)OC2CCCCCCC2)cc1. The van der Waals surface area contributed by atoms with Gasteiger partial charge < -0.3 is 4.74 Å². The van der Waals surface area contributed by atoms with Gasteiger partial charge >= 0.3 is 5.97 Å². The zero-order chi connectivity index (χ0) is 18.1. The van der Waals surface area contributed by atoms with Crippen LogP contribution in [0.25, 0.3) is 0 Å². The summed E-state index contributed by atoms with van der Waals surface area (Å²) < 4.78 is 32.0. The maximum absolute atomic E-state index is 12.3. The standard InChI is InChI=1S/C18H24N2O4S/c19-13-6-14-20-25(22,23)17-11-9-15(10-12-17)18(21)24-16-7-4-2-1-3-5-8-16/h9-12,16,20H,1-8,14H2. The molecule has 0 atom stereocenters. The maximum atomic E-state index is 12.3. The van der Waals surface area contributed by atoms with Gasteiger partial charge in [0.1, 0.15) is 6.10 Å². The van der Waals surface area contributed by atoms with E-state index in [1.165, 1.54) is 43.5 Å². The Morgan fingerprint density at radius 3 is 2.32 bits per heavy atom. The molecule has 0 amide bonds. The van der Waals surface area contributed by atoms with Crippen LogP contribution in [0.2, 0.25) is 0 Å². The first-order valence-electron chi connectivity index (χ1n) is 8.70. The van der Waals surface area contributed by atoms with Crippen LogP contribution in [0.3, 0.4) is 0 Å². The highest BCUT2D eigenvalue weighted by Crippen LogP contribution is 2.21. The summed E-state index contributed by atoms with van der Waals surface area (Å²) in [5.74, 6) is -0.410. The highest BCUT2D eigenvalue weighted by Gasteiger charge is 2.19. The lowest BCUT2D eigenvalue weighted by Gasteiger charge is -2.20. The number of hydrogen-bond acceptors (Lipinski definition) is 5. The van der Waals surface area contributed by atoms with Crippen LogP contribution < -0.4 is 4.72 Å². The summed E-state index contributed by atoms with van der Waals surface area (Å²) in [6, 6.07) is 7.56. The van der Waals surface area contributed by atoms with Gasteiger partial charge in [0.15, 0.2) is 0 Å². The Balaban J connectivity index is 1.96. The molecule has 1 aliphatic carbocycles. The molecule has 0 unspecified atom stereocenters. The van der Waals surface area contributed by atoms with Crippen molar-refractivity contribution >= 4 is 16.0 Å².